The Morgan fingerprint density at radius 1 is 0.952 bits per heavy atom. The lowest BCUT2D eigenvalue weighted by molar-refractivity contribution is 0.321. The maximum Gasteiger partial charge on any atom is 0.203 e. The van der Waals surface area contributed by atoms with Gasteiger partial charge in [-0.1, -0.05) is 12.1 Å². The van der Waals surface area contributed by atoms with Crippen LogP contribution in [0.15, 0.2) is 36.4 Å². The van der Waals surface area contributed by atoms with E-state index in [4.69, 9.17) is 19.9 Å². The van der Waals surface area contributed by atoms with Crippen LogP contribution >= 0.6 is 0 Å². The molecule has 0 aliphatic heterocycles. The van der Waals surface area contributed by atoms with Crippen LogP contribution in [-0.4, -0.2) is 21.3 Å². The van der Waals surface area contributed by atoms with Crippen molar-refractivity contribution in [2.24, 2.45) is 5.73 Å². The van der Waals surface area contributed by atoms with Crippen LogP contribution in [0.4, 0.5) is 4.39 Å². The van der Waals surface area contributed by atoms with Crippen molar-refractivity contribution in [2.45, 2.75) is 6.04 Å². The fourth-order valence-electron chi connectivity index (χ4n) is 2.25. The van der Waals surface area contributed by atoms with E-state index >= 15 is 0 Å². The van der Waals surface area contributed by atoms with E-state index in [1.54, 1.807) is 31.4 Å². The first-order valence-electron chi connectivity index (χ1n) is 6.42. The average Bonchev–Trinajstić information content (AvgIpc) is 2.52. The summed E-state index contributed by atoms with van der Waals surface area (Å²) in [7, 11) is 4.60. The minimum absolute atomic E-state index is 0.331. The Kier molecular flexibility index (Phi) is 4.65. The molecule has 0 radical (unpaired) electrons. The van der Waals surface area contributed by atoms with Crippen LogP contribution in [0, 0.1) is 5.82 Å². The molecule has 2 aromatic carbocycles. The molecule has 2 aromatic rings. The number of hydrogen-bond acceptors (Lipinski definition) is 4. The van der Waals surface area contributed by atoms with E-state index in [1.165, 1.54) is 26.4 Å². The summed E-state index contributed by atoms with van der Waals surface area (Å²) in [6.07, 6.45) is 0. The smallest absolute Gasteiger partial charge is 0.203 e. The van der Waals surface area contributed by atoms with Crippen molar-refractivity contribution in [2.75, 3.05) is 21.3 Å². The zero-order valence-corrected chi connectivity index (χ0v) is 12.2. The summed E-state index contributed by atoms with van der Waals surface area (Å²) in [5.41, 5.74) is 7.58. The molecule has 4 nitrogen and oxygen atoms in total. The van der Waals surface area contributed by atoms with Gasteiger partial charge < -0.3 is 19.9 Å². The molecule has 0 aliphatic carbocycles. The highest BCUT2D eigenvalue weighted by Gasteiger charge is 2.21. The second kappa shape index (κ2) is 6.45. The quantitative estimate of drug-likeness (QED) is 0.920. The SMILES string of the molecule is COc1ccc(C(N)c2cccc(F)c2)c(OC)c1OC. The molecule has 0 saturated heterocycles. The van der Waals surface area contributed by atoms with Gasteiger partial charge in [0.1, 0.15) is 5.82 Å². The normalized spacial score (nSPS) is 11.9. The van der Waals surface area contributed by atoms with Gasteiger partial charge in [0.05, 0.1) is 27.4 Å². The second-order valence-electron chi connectivity index (χ2n) is 4.46. The predicted octanol–water partition coefficient (Wildman–Crippen LogP) is 2.90. The Morgan fingerprint density at radius 3 is 2.24 bits per heavy atom. The van der Waals surface area contributed by atoms with Crippen LogP contribution in [0.25, 0.3) is 0 Å². The number of ether oxygens (including phenoxy) is 3. The van der Waals surface area contributed by atoms with E-state index in [9.17, 15) is 4.39 Å². The van der Waals surface area contributed by atoms with Crippen molar-refractivity contribution in [3.05, 3.63) is 53.3 Å². The zero-order chi connectivity index (χ0) is 15.4. The van der Waals surface area contributed by atoms with Gasteiger partial charge in [0.25, 0.3) is 0 Å². The maximum atomic E-state index is 13.4. The number of nitrogens with two attached hydrogens (primary N) is 1. The molecule has 0 fully saturated rings. The van der Waals surface area contributed by atoms with Gasteiger partial charge in [-0.25, -0.2) is 4.39 Å². The summed E-state index contributed by atoms with van der Waals surface area (Å²) in [6.45, 7) is 0. The first-order chi connectivity index (χ1) is 10.1. The average molecular weight is 291 g/mol. The lowest BCUT2D eigenvalue weighted by atomic mass is 9.98. The predicted molar refractivity (Wildman–Crippen MR) is 78.5 cm³/mol. The number of halogens is 1. The Balaban J connectivity index is 2.53. The van der Waals surface area contributed by atoms with E-state index in [2.05, 4.69) is 0 Å². The molecule has 0 bridgehead atoms. The van der Waals surface area contributed by atoms with Gasteiger partial charge in [-0.3, -0.25) is 0 Å². The molecule has 0 aromatic heterocycles. The molecule has 0 amide bonds. The van der Waals surface area contributed by atoms with Crippen molar-refractivity contribution in [1.29, 1.82) is 0 Å². The summed E-state index contributed by atoms with van der Waals surface area (Å²) in [5.74, 6) is 1.16. The van der Waals surface area contributed by atoms with Crippen LogP contribution < -0.4 is 19.9 Å². The summed E-state index contributed by atoms with van der Waals surface area (Å²) in [5, 5.41) is 0. The fourth-order valence-corrected chi connectivity index (χ4v) is 2.25. The fraction of sp³-hybridized carbons (Fsp3) is 0.250. The van der Waals surface area contributed by atoms with Crippen LogP contribution in [0.3, 0.4) is 0 Å². The van der Waals surface area contributed by atoms with Gasteiger partial charge in [-0.15, -0.1) is 0 Å². The lowest BCUT2D eigenvalue weighted by Crippen LogP contribution is -2.14. The lowest BCUT2D eigenvalue weighted by Gasteiger charge is -2.20. The molecule has 21 heavy (non-hydrogen) atoms. The molecule has 2 rings (SSSR count). The minimum Gasteiger partial charge on any atom is -0.493 e. The first kappa shape index (κ1) is 15.1. The molecule has 0 aliphatic rings. The molecular weight excluding hydrogens is 273 g/mol. The standard InChI is InChI=1S/C16H18FNO3/c1-19-13-8-7-12(15(20-2)16(13)21-3)14(18)10-5-4-6-11(17)9-10/h4-9,14H,18H2,1-3H3. The Labute approximate surface area is 123 Å². The monoisotopic (exact) mass is 291 g/mol. The van der Waals surface area contributed by atoms with Crippen molar-refractivity contribution in [1.82, 2.24) is 0 Å². The van der Waals surface area contributed by atoms with E-state index in [0.717, 1.165) is 0 Å². The van der Waals surface area contributed by atoms with Crippen molar-refractivity contribution >= 4 is 0 Å². The summed E-state index contributed by atoms with van der Waals surface area (Å²) in [6, 6.07) is 9.17. The van der Waals surface area contributed by atoms with Gasteiger partial charge >= 0.3 is 0 Å². The molecule has 112 valence electrons. The molecule has 1 unspecified atom stereocenters. The van der Waals surface area contributed by atoms with Crippen molar-refractivity contribution < 1.29 is 18.6 Å². The Hall–Kier alpha value is -2.27. The van der Waals surface area contributed by atoms with Gasteiger partial charge in [-0.05, 0) is 29.8 Å². The second-order valence-corrected chi connectivity index (χ2v) is 4.46. The number of methoxy groups -OCH3 is 3. The van der Waals surface area contributed by atoms with E-state index < -0.39 is 6.04 Å². The summed E-state index contributed by atoms with van der Waals surface area (Å²) < 4.78 is 29.3. The minimum atomic E-state index is -0.532. The van der Waals surface area contributed by atoms with Gasteiger partial charge in [0.2, 0.25) is 5.75 Å². The van der Waals surface area contributed by atoms with Gasteiger partial charge in [0, 0.05) is 5.56 Å². The number of hydrogen-bond donors (Lipinski definition) is 1. The van der Waals surface area contributed by atoms with Gasteiger partial charge in [-0.2, -0.15) is 0 Å². The molecule has 5 heteroatoms. The largest absolute Gasteiger partial charge is 0.493 e. The summed E-state index contributed by atoms with van der Waals surface area (Å²) >= 11 is 0. The molecule has 0 heterocycles. The molecule has 0 saturated carbocycles. The highest BCUT2D eigenvalue weighted by atomic mass is 19.1. The van der Waals surface area contributed by atoms with Crippen molar-refractivity contribution in [3.8, 4) is 17.2 Å². The number of benzene rings is 2. The molecular formula is C16H18FNO3. The van der Waals surface area contributed by atoms with E-state index in [0.29, 0.717) is 28.4 Å². The van der Waals surface area contributed by atoms with Crippen LogP contribution in [0.2, 0.25) is 0 Å². The topological polar surface area (TPSA) is 53.7 Å². The number of rotatable bonds is 5. The Bertz CT molecular complexity index is 631. The summed E-state index contributed by atoms with van der Waals surface area (Å²) in [4.78, 5) is 0. The third-order valence-electron chi connectivity index (χ3n) is 3.28. The zero-order valence-electron chi connectivity index (χ0n) is 12.2. The molecule has 2 N–H and O–H groups in total. The highest BCUT2D eigenvalue weighted by Crippen LogP contribution is 2.42. The third kappa shape index (κ3) is 2.92. The maximum absolute atomic E-state index is 13.4. The third-order valence-corrected chi connectivity index (χ3v) is 3.28. The van der Waals surface area contributed by atoms with Crippen LogP contribution in [0.1, 0.15) is 17.2 Å². The molecule has 0 spiro atoms. The van der Waals surface area contributed by atoms with Gasteiger partial charge in [0.15, 0.2) is 11.5 Å². The van der Waals surface area contributed by atoms with E-state index in [-0.39, 0.29) is 5.82 Å². The van der Waals surface area contributed by atoms with Crippen LogP contribution in [-0.2, 0) is 0 Å². The molecule has 1 atom stereocenters. The highest BCUT2D eigenvalue weighted by molar-refractivity contribution is 5.58. The first-order valence-corrected chi connectivity index (χ1v) is 6.42. The Morgan fingerprint density at radius 2 is 1.67 bits per heavy atom. The van der Waals surface area contributed by atoms with Crippen LogP contribution in [0.5, 0.6) is 17.2 Å². The van der Waals surface area contributed by atoms with Crippen molar-refractivity contribution in [3.63, 3.8) is 0 Å². The van der Waals surface area contributed by atoms with E-state index in [1.807, 2.05) is 0 Å².